The molecule has 0 bridgehead atoms. The van der Waals surface area contributed by atoms with Gasteiger partial charge in [0.05, 0.1) is 24.0 Å². The van der Waals surface area contributed by atoms with E-state index in [0.29, 0.717) is 35.1 Å². The van der Waals surface area contributed by atoms with E-state index in [1.807, 2.05) is 12.1 Å². The second-order valence-electron chi connectivity index (χ2n) is 9.92. The van der Waals surface area contributed by atoms with E-state index in [0.717, 1.165) is 16.2 Å². The largest absolute Gasteiger partial charge is 0.497 e. The van der Waals surface area contributed by atoms with E-state index in [1.54, 1.807) is 70.1 Å². The first kappa shape index (κ1) is 28.8. The molecule has 4 rings (SSSR count). The standard InChI is InChI=1S/C27H32N4O6S2/c1-27(2,3)37-26(34)30-18-7-10-20(29-13-18)38-12-11-17-15-39-24-21(28)23(32)31(24)22(17)25(33)36-14-16-5-8-19(35-4)9-6-16/h5-10,13,21,24H,11-12,14-15,28H2,1-4H3,(H,30,34)/t21-,24-/m1/s1. The summed E-state index contributed by atoms with van der Waals surface area (Å²) in [4.78, 5) is 43.6. The van der Waals surface area contributed by atoms with E-state index >= 15 is 0 Å². The van der Waals surface area contributed by atoms with Crippen LogP contribution >= 0.6 is 23.5 Å². The smallest absolute Gasteiger partial charge is 0.412 e. The van der Waals surface area contributed by atoms with Gasteiger partial charge in [-0.1, -0.05) is 12.1 Å². The second-order valence-corrected chi connectivity index (χ2v) is 12.1. The number of hydrogen-bond donors (Lipinski definition) is 2. The van der Waals surface area contributed by atoms with Crippen LogP contribution in [0.15, 0.2) is 58.9 Å². The molecule has 1 aromatic carbocycles. The average molecular weight is 573 g/mol. The lowest BCUT2D eigenvalue weighted by Crippen LogP contribution is -2.68. The number of hydrogen-bond acceptors (Lipinski definition) is 10. The molecule has 0 spiro atoms. The third-order valence-electron chi connectivity index (χ3n) is 5.85. The Bertz CT molecular complexity index is 1240. The molecule has 0 saturated carbocycles. The maximum absolute atomic E-state index is 13.2. The first-order valence-electron chi connectivity index (χ1n) is 12.4. The number of carbonyl (C=O) groups excluding carboxylic acids is 3. The zero-order valence-corrected chi connectivity index (χ0v) is 23.9. The number of esters is 1. The van der Waals surface area contributed by atoms with Gasteiger partial charge in [0, 0.05) is 11.5 Å². The molecule has 10 nitrogen and oxygen atoms in total. The molecular weight excluding hydrogens is 540 g/mol. The van der Waals surface area contributed by atoms with Crippen molar-refractivity contribution in [2.45, 2.75) is 55.8 Å². The molecule has 0 radical (unpaired) electrons. The second kappa shape index (κ2) is 12.3. The van der Waals surface area contributed by atoms with Gasteiger partial charge in [-0.15, -0.1) is 23.5 Å². The predicted octanol–water partition coefficient (Wildman–Crippen LogP) is 4.16. The number of nitrogens with two attached hydrogens (primary N) is 1. The van der Waals surface area contributed by atoms with Crippen LogP contribution in [0.1, 0.15) is 32.8 Å². The van der Waals surface area contributed by atoms with Crippen molar-refractivity contribution in [1.82, 2.24) is 9.88 Å². The van der Waals surface area contributed by atoms with Crippen LogP contribution < -0.4 is 15.8 Å². The fourth-order valence-corrected chi connectivity index (χ4v) is 6.12. The van der Waals surface area contributed by atoms with Gasteiger partial charge in [0.2, 0.25) is 5.91 Å². The summed E-state index contributed by atoms with van der Waals surface area (Å²) in [5.41, 5.74) is 7.86. The minimum atomic E-state index is -0.618. The highest BCUT2D eigenvalue weighted by atomic mass is 32.2. The summed E-state index contributed by atoms with van der Waals surface area (Å²) in [5, 5.41) is 3.16. The summed E-state index contributed by atoms with van der Waals surface area (Å²) >= 11 is 3.06. The summed E-state index contributed by atoms with van der Waals surface area (Å²) in [7, 11) is 1.59. The molecule has 2 atom stereocenters. The SMILES string of the molecule is COc1ccc(COC(=O)C2=C(CCSc3ccc(NC(=O)OC(C)(C)C)cn3)CS[C@@H]3[C@H](N)C(=O)N23)cc1. The fourth-order valence-electron chi connectivity index (χ4n) is 3.94. The highest BCUT2D eigenvalue weighted by Gasteiger charge is 2.51. The zero-order chi connectivity index (χ0) is 28.2. The summed E-state index contributed by atoms with van der Waals surface area (Å²) in [6.07, 6.45) is 1.58. The van der Waals surface area contributed by atoms with E-state index in [-0.39, 0.29) is 17.9 Å². The molecule has 2 aliphatic rings. The van der Waals surface area contributed by atoms with Gasteiger partial charge in [0.1, 0.15) is 35.1 Å². The topological polar surface area (TPSA) is 133 Å². The van der Waals surface area contributed by atoms with Crippen molar-refractivity contribution >= 4 is 47.2 Å². The predicted molar refractivity (Wildman–Crippen MR) is 150 cm³/mol. The normalized spacial score (nSPS) is 18.7. The summed E-state index contributed by atoms with van der Waals surface area (Å²) in [6, 6.07) is 10.2. The number of nitrogens with one attached hydrogen (secondary N) is 1. The van der Waals surface area contributed by atoms with E-state index in [9.17, 15) is 14.4 Å². The minimum Gasteiger partial charge on any atom is -0.497 e. The molecule has 12 heteroatoms. The number of anilines is 1. The molecule has 1 aromatic heterocycles. The van der Waals surface area contributed by atoms with Gasteiger partial charge in [-0.3, -0.25) is 15.0 Å². The van der Waals surface area contributed by atoms with Crippen LogP contribution in [0.5, 0.6) is 5.75 Å². The molecule has 1 fully saturated rings. The Hall–Kier alpha value is -3.22. The number of ether oxygens (including phenoxy) is 3. The molecule has 39 heavy (non-hydrogen) atoms. The molecule has 2 aromatic rings. The van der Waals surface area contributed by atoms with Gasteiger partial charge in [0.25, 0.3) is 0 Å². The first-order chi connectivity index (χ1) is 18.6. The molecule has 0 unspecified atom stereocenters. The van der Waals surface area contributed by atoms with Gasteiger partial charge < -0.3 is 19.9 Å². The number of β-lactam (4-membered cyclic amide) rings is 1. The fraction of sp³-hybridized carbons (Fsp3) is 0.407. The van der Waals surface area contributed by atoms with Gasteiger partial charge >= 0.3 is 12.1 Å². The quantitative estimate of drug-likeness (QED) is 0.256. The van der Waals surface area contributed by atoms with Crippen LogP contribution in [0.25, 0.3) is 0 Å². The highest BCUT2D eigenvalue weighted by Crippen LogP contribution is 2.41. The number of amides is 2. The lowest BCUT2D eigenvalue weighted by atomic mass is 10.0. The van der Waals surface area contributed by atoms with Crippen LogP contribution in [-0.2, 0) is 25.7 Å². The molecule has 2 amide bonds. The van der Waals surface area contributed by atoms with Crippen molar-refractivity contribution in [3.8, 4) is 5.75 Å². The van der Waals surface area contributed by atoms with Crippen LogP contribution in [0.4, 0.5) is 10.5 Å². The Labute approximate surface area is 236 Å². The van der Waals surface area contributed by atoms with Crippen molar-refractivity contribution < 1.29 is 28.6 Å². The highest BCUT2D eigenvalue weighted by molar-refractivity contribution is 8.00. The number of methoxy groups -OCH3 is 1. The lowest BCUT2D eigenvalue weighted by molar-refractivity contribution is -0.151. The maximum Gasteiger partial charge on any atom is 0.412 e. The Morgan fingerprint density at radius 2 is 1.95 bits per heavy atom. The first-order valence-corrected chi connectivity index (χ1v) is 14.4. The van der Waals surface area contributed by atoms with Crippen LogP contribution in [0.2, 0.25) is 0 Å². The number of fused-ring (bicyclic) bond motifs is 1. The number of pyridine rings is 1. The Morgan fingerprint density at radius 3 is 2.59 bits per heavy atom. The van der Waals surface area contributed by atoms with Crippen molar-refractivity contribution in [3.05, 3.63) is 59.4 Å². The molecule has 2 aliphatic heterocycles. The maximum atomic E-state index is 13.2. The third-order valence-corrected chi connectivity index (χ3v) is 8.15. The minimum absolute atomic E-state index is 0.0772. The molecule has 0 aliphatic carbocycles. The van der Waals surface area contributed by atoms with Gasteiger partial charge in [-0.25, -0.2) is 14.6 Å². The lowest BCUT2D eigenvalue weighted by Gasteiger charge is -2.48. The van der Waals surface area contributed by atoms with Gasteiger partial charge in [0.15, 0.2) is 0 Å². The Kier molecular flexibility index (Phi) is 9.08. The van der Waals surface area contributed by atoms with E-state index in [2.05, 4.69) is 10.3 Å². The van der Waals surface area contributed by atoms with Gasteiger partial charge in [-0.05, 0) is 62.6 Å². The van der Waals surface area contributed by atoms with Gasteiger partial charge in [-0.2, -0.15) is 0 Å². The monoisotopic (exact) mass is 572 g/mol. The van der Waals surface area contributed by atoms with Crippen molar-refractivity contribution in [2.75, 3.05) is 23.9 Å². The van der Waals surface area contributed by atoms with Crippen molar-refractivity contribution in [1.29, 1.82) is 0 Å². The summed E-state index contributed by atoms with van der Waals surface area (Å²) in [5.74, 6) is 1.12. The number of thioether (sulfide) groups is 2. The van der Waals surface area contributed by atoms with E-state index in [1.165, 1.54) is 16.7 Å². The number of nitrogens with zero attached hydrogens (tertiary/aromatic N) is 2. The van der Waals surface area contributed by atoms with Crippen LogP contribution in [-0.4, -0.2) is 63.5 Å². The van der Waals surface area contributed by atoms with Crippen molar-refractivity contribution in [3.63, 3.8) is 0 Å². The number of rotatable bonds is 9. The van der Waals surface area contributed by atoms with Crippen molar-refractivity contribution in [2.24, 2.45) is 5.73 Å². The Morgan fingerprint density at radius 1 is 1.21 bits per heavy atom. The number of carbonyl (C=O) groups is 3. The van der Waals surface area contributed by atoms with E-state index < -0.39 is 23.7 Å². The molecule has 3 N–H and O–H groups in total. The zero-order valence-electron chi connectivity index (χ0n) is 22.3. The average Bonchev–Trinajstić information content (AvgIpc) is 2.91. The number of aromatic nitrogens is 1. The summed E-state index contributed by atoms with van der Waals surface area (Å²) < 4.78 is 16.0. The van der Waals surface area contributed by atoms with Crippen LogP contribution in [0.3, 0.4) is 0 Å². The van der Waals surface area contributed by atoms with E-state index in [4.69, 9.17) is 19.9 Å². The summed E-state index contributed by atoms with van der Waals surface area (Å²) in [6.45, 7) is 5.46. The molecule has 1 saturated heterocycles. The molecule has 3 heterocycles. The number of benzene rings is 1. The Balaban J connectivity index is 1.38. The van der Waals surface area contributed by atoms with Crippen LogP contribution in [0, 0.1) is 0 Å². The molecule has 208 valence electrons. The third kappa shape index (κ3) is 7.25. The molecular formula is C27H32N4O6S2.